The summed E-state index contributed by atoms with van der Waals surface area (Å²) < 4.78 is 5.33. The molecule has 5 amide bonds. The van der Waals surface area contributed by atoms with Gasteiger partial charge < -0.3 is 20.7 Å². The van der Waals surface area contributed by atoms with Crippen LogP contribution in [-0.2, 0) is 4.79 Å². The highest BCUT2D eigenvalue weighted by atomic mass is 16.5. The number of hydrogen-bond donors (Lipinski definition) is 5. The Morgan fingerprint density at radius 2 is 1.66 bits per heavy atom. The van der Waals surface area contributed by atoms with Crippen LogP contribution >= 0.6 is 0 Å². The predicted octanol–water partition coefficient (Wildman–Crippen LogP) is 2.14. The molecule has 0 saturated carbocycles. The van der Waals surface area contributed by atoms with Gasteiger partial charge in [-0.15, -0.1) is 0 Å². The third-order valence-electron chi connectivity index (χ3n) is 4.77. The molecule has 0 unspecified atom stereocenters. The van der Waals surface area contributed by atoms with Gasteiger partial charge in [-0.2, -0.15) is 4.99 Å². The Balaban J connectivity index is 1.66. The summed E-state index contributed by atoms with van der Waals surface area (Å²) in [4.78, 5) is 55.3. The molecule has 0 saturated heterocycles. The fourth-order valence-electron chi connectivity index (χ4n) is 3.01. The third kappa shape index (κ3) is 6.36. The fourth-order valence-corrected chi connectivity index (χ4v) is 3.01. The van der Waals surface area contributed by atoms with Gasteiger partial charge in [0.05, 0.1) is 18.5 Å². The van der Waals surface area contributed by atoms with Crippen LogP contribution in [0.4, 0.5) is 16.2 Å². The number of anilines is 2. The van der Waals surface area contributed by atoms with Gasteiger partial charge >= 0.3 is 6.03 Å². The zero-order chi connectivity index (χ0) is 25.4. The maximum atomic E-state index is 12.6. The summed E-state index contributed by atoms with van der Waals surface area (Å²) in [5.74, 6) is -0.857. The highest BCUT2D eigenvalue weighted by Crippen LogP contribution is 2.29. The molecule has 1 aliphatic heterocycles. The zero-order valence-corrected chi connectivity index (χ0v) is 18.8. The first-order valence-electron chi connectivity index (χ1n) is 10.2. The van der Waals surface area contributed by atoms with E-state index < -0.39 is 11.9 Å². The second-order valence-electron chi connectivity index (χ2n) is 7.05. The van der Waals surface area contributed by atoms with Gasteiger partial charge in [0.1, 0.15) is 11.4 Å². The summed E-state index contributed by atoms with van der Waals surface area (Å²) in [5, 5.41) is 16.4. The standard InChI is InChI=1S/C23H22N6O6/c1-24-20(30)13-3-5-14(6-4-13)21(31)26-15-7-9-17(19(11-15)35-2)28-22(32)18-10-8-16(12-25-18)27-23(33)29-34/h3-7,9-12,34H,8H2,1-2H3,(H,24,30)(H,26,31)(H,28,32)(H,29,33). The van der Waals surface area contributed by atoms with E-state index in [9.17, 15) is 19.2 Å². The molecule has 180 valence electrons. The average Bonchev–Trinajstić information content (AvgIpc) is 2.89. The van der Waals surface area contributed by atoms with Crippen LogP contribution in [-0.4, -0.2) is 55.0 Å². The van der Waals surface area contributed by atoms with Crippen molar-refractivity contribution in [1.82, 2.24) is 10.8 Å². The van der Waals surface area contributed by atoms with Crippen LogP contribution in [0.5, 0.6) is 5.75 Å². The van der Waals surface area contributed by atoms with E-state index in [-0.39, 0.29) is 29.6 Å². The van der Waals surface area contributed by atoms with Gasteiger partial charge in [-0.1, -0.05) is 0 Å². The van der Waals surface area contributed by atoms with Crippen LogP contribution in [0, 0.1) is 0 Å². The van der Waals surface area contributed by atoms with E-state index in [2.05, 4.69) is 25.9 Å². The second kappa shape index (κ2) is 11.3. The van der Waals surface area contributed by atoms with Crippen molar-refractivity contribution in [2.75, 3.05) is 24.8 Å². The number of allylic oxidation sites excluding steroid dienone is 1. The molecule has 2 aromatic rings. The molecule has 12 heteroatoms. The number of carbonyl (C=O) groups excluding carboxylic acids is 4. The van der Waals surface area contributed by atoms with Crippen LogP contribution in [0.15, 0.2) is 64.2 Å². The Labute approximate surface area is 199 Å². The van der Waals surface area contributed by atoms with E-state index in [1.807, 2.05) is 0 Å². The summed E-state index contributed by atoms with van der Waals surface area (Å²) in [6.45, 7) is 0. The summed E-state index contributed by atoms with van der Waals surface area (Å²) in [7, 11) is 2.94. The van der Waals surface area contributed by atoms with E-state index in [4.69, 9.17) is 9.94 Å². The number of methoxy groups -OCH3 is 1. The van der Waals surface area contributed by atoms with Crippen molar-refractivity contribution in [3.63, 3.8) is 0 Å². The maximum absolute atomic E-state index is 12.6. The quantitative estimate of drug-likeness (QED) is 0.314. The van der Waals surface area contributed by atoms with Gasteiger partial charge in [-0.3, -0.25) is 19.6 Å². The second-order valence-corrected chi connectivity index (χ2v) is 7.05. The number of hydroxylamine groups is 1. The van der Waals surface area contributed by atoms with Crippen LogP contribution in [0.2, 0.25) is 0 Å². The number of carbonyl (C=O) groups is 4. The lowest BCUT2D eigenvalue weighted by atomic mass is 10.1. The largest absolute Gasteiger partial charge is 0.494 e. The molecule has 3 rings (SSSR count). The summed E-state index contributed by atoms with van der Waals surface area (Å²) >= 11 is 0. The molecular formula is C23H22N6O6. The van der Waals surface area contributed by atoms with Gasteiger partial charge in [0, 0.05) is 42.6 Å². The molecule has 0 atom stereocenters. The molecule has 1 aliphatic rings. The molecule has 0 radical (unpaired) electrons. The zero-order valence-electron chi connectivity index (χ0n) is 18.8. The van der Waals surface area contributed by atoms with E-state index in [0.717, 1.165) is 0 Å². The number of aliphatic imine (C=N–C) groups is 2. The summed E-state index contributed by atoms with van der Waals surface area (Å²) in [6.07, 6.45) is 2.91. The molecule has 12 nitrogen and oxygen atoms in total. The lowest BCUT2D eigenvalue weighted by molar-refractivity contribution is -0.112. The van der Waals surface area contributed by atoms with Crippen LogP contribution in [0.3, 0.4) is 0 Å². The monoisotopic (exact) mass is 478 g/mol. The van der Waals surface area contributed by atoms with E-state index in [0.29, 0.717) is 28.3 Å². The van der Waals surface area contributed by atoms with Crippen LogP contribution in [0.1, 0.15) is 27.1 Å². The topological polar surface area (TPSA) is 171 Å². The first-order chi connectivity index (χ1) is 16.8. The number of hydrogen-bond acceptors (Lipinski definition) is 7. The molecule has 2 aromatic carbocycles. The normalized spacial score (nSPS) is 13.5. The molecule has 0 aliphatic carbocycles. The smallest absolute Gasteiger partial charge is 0.364 e. The van der Waals surface area contributed by atoms with E-state index in [1.54, 1.807) is 30.3 Å². The number of urea groups is 1. The first-order valence-corrected chi connectivity index (χ1v) is 10.2. The molecule has 0 spiro atoms. The average molecular weight is 478 g/mol. The van der Waals surface area contributed by atoms with Gasteiger partial charge in [-0.25, -0.2) is 15.3 Å². The van der Waals surface area contributed by atoms with E-state index in [1.165, 1.54) is 44.1 Å². The van der Waals surface area contributed by atoms with Crippen molar-refractivity contribution in [3.05, 3.63) is 65.4 Å². The van der Waals surface area contributed by atoms with Crippen LogP contribution < -0.4 is 26.2 Å². The van der Waals surface area contributed by atoms with Crippen molar-refractivity contribution >= 4 is 47.1 Å². The Morgan fingerprint density at radius 3 is 2.23 bits per heavy atom. The van der Waals surface area contributed by atoms with E-state index >= 15 is 0 Å². The molecule has 0 fully saturated rings. The number of amides is 5. The summed E-state index contributed by atoms with van der Waals surface area (Å²) in [5.41, 5.74) is 3.33. The molecule has 0 aromatic heterocycles. The Kier molecular flexibility index (Phi) is 8.03. The Hall–Kier alpha value is -4.84. The maximum Gasteiger partial charge on any atom is 0.364 e. The fraction of sp³-hybridized carbons (Fsp3) is 0.130. The summed E-state index contributed by atoms with van der Waals surface area (Å²) in [6, 6.07) is 9.93. The Bertz CT molecular complexity index is 1250. The number of ether oxygens (including phenoxy) is 1. The highest BCUT2D eigenvalue weighted by molar-refractivity contribution is 6.34. The number of nitrogens with one attached hydrogen (secondary N) is 4. The molecule has 5 N–H and O–H groups in total. The van der Waals surface area contributed by atoms with Crippen molar-refractivity contribution in [2.45, 2.75) is 6.42 Å². The molecule has 1 heterocycles. The van der Waals surface area contributed by atoms with Gasteiger partial charge in [0.15, 0.2) is 0 Å². The van der Waals surface area contributed by atoms with Crippen molar-refractivity contribution in [2.24, 2.45) is 9.98 Å². The van der Waals surface area contributed by atoms with Gasteiger partial charge in [-0.05, 0) is 42.5 Å². The number of rotatable bonds is 6. The van der Waals surface area contributed by atoms with Crippen molar-refractivity contribution < 1.29 is 29.1 Å². The third-order valence-corrected chi connectivity index (χ3v) is 4.77. The van der Waals surface area contributed by atoms with Crippen LogP contribution in [0.25, 0.3) is 0 Å². The Morgan fingerprint density at radius 1 is 0.971 bits per heavy atom. The number of nitrogens with zero attached hydrogens (tertiary/aromatic N) is 2. The van der Waals surface area contributed by atoms with Gasteiger partial charge in [0.25, 0.3) is 17.7 Å². The van der Waals surface area contributed by atoms with Gasteiger partial charge in [0.2, 0.25) is 0 Å². The predicted molar refractivity (Wildman–Crippen MR) is 128 cm³/mol. The molecular weight excluding hydrogens is 456 g/mol. The first kappa shape index (κ1) is 24.8. The molecule has 35 heavy (non-hydrogen) atoms. The van der Waals surface area contributed by atoms with Crippen molar-refractivity contribution in [1.29, 1.82) is 0 Å². The lowest BCUT2D eigenvalue weighted by Gasteiger charge is -2.14. The highest BCUT2D eigenvalue weighted by Gasteiger charge is 2.16. The minimum Gasteiger partial charge on any atom is -0.494 e. The minimum absolute atomic E-state index is 0.105. The SMILES string of the molecule is CNC(=O)c1ccc(C(=O)Nc2ccc(NC(=O)C3=CCC(=NC(=O)NO)C=N3)c(OC)c2)cc1. The van der Waals surface area contributed by atoms with Crippen molar-refractivity contribution in [3.8, 4) is 5.75 Å². The lowest BCUT2D eigenvalue weighted by Crippen LogP contribution is -2.20. The minimum atomic E-state index is -0.939. The molecule has 0 bridgehead atoms. The number of benzene rings is 2.